The number of rotatable bonds is 4. The van der Waals surface area contributed by atoms with Crippen LogP contribution in [0.1, 0.15) is 45.1 Å². The molecule has 1 aliphatic rings. The third-order valence-electron chi connectivity index (χ3n) is 4.78. The SMILES string of the molecule is CCC1(CC)CCN(c2ccc(CBr)cc2)CC1. The molecule has 0 bridgehead atoms. The summed E-state index contributed by atoms with van der Waals surface area (Å²) in [4.78, 5) is 2.54. The minimum absolute atomic E-state index is 0.617. The summed E-state index contributed by atoms with van der Waals surface area (Å²) >= 11 is 3.50. The first kappa shape index (κ1) is 13.9. The van der Waals surface area contributed by atoms with Crippen LogP contribution in [0, 0.1) is 5.41 Å². The average Bonchev–Trinajstić information content (AvgIpc) is 2.47. The second-order valence-electron chi connectivity index (χ2n) is 5.49. The predicted molar refractivity (Wildman–Crippen MR) is 83.5 cm³/mol. The van der Waals surface area contributed by atoms with E-state index in [4.69, 9.17) is 0 Å². The molecule has 0 amide bonds. The Hall–Kier alpha value is -0.500. The van der Waals surface area contributed by atoms with E-state index in [1.165, 1.54) is 50.0 Å². The Labute approximate surface area is 120 Å². The molecule has 2 rings (SSSR count). The number of piperidine rings is 1. The van der Waals surface area contributed by atoms with E-state index in [-0.39, 0.29) is 0 Å². The van der Waals surface area contributed by atoms with Gasteiger partial charge in [0.25, 0.3) is 0 Å². The third kappa shape index (κ3) is 2.90. The maximum Gasteiger partial charge on any atom is 0.0366 e. The number of hydrogen-bond acceptors (Lipinski definition) is 1. The summed E-state index contributed by atoms with van der Waals surface area (Å²) < 4.78 is 0. The smallest absolute Gasteiger partial charge is 0.0366 e. The molecule has 0 unspecified atom stereocenters. The van der Waals surface area contributed by atoms with E-state index >= 15 is 0 Å². The summed E-state index contributed by atoms with van der Waals surface area (Å²) in [6, 6.07) is 8.99. The van der Waals surface area contributed by atoms with Crippen LogP contribution in [0.25, 0.3) is 0 Å². The van der Waals surface area contributed by atoms with E-state index in [1.807, 2.05) is 0 Å². The lowest BCUT2D eigenvalue weighted by atomic mass is 9.74. The van der Waals surface area contributed by atoms with E-state index in [1.54, 1.807) is 0 Å². The Kier molecular flexibility index (Phi) is 4.71. The highest BCUT2D eigenvalue weighted by Crippen LogP contribution is 2.39. The summed E-state index contributed by atoms with van der Waals surface area (Å²) in [5.41, 5.74) is 3.36. The topological polar surface area (TPSA) is 3.24 Å². The molecule has 2 heteroatoms. The summed E-state index contributed by atoms with van der Waals surface area (Å²) in [6.45, 7) is 7.14. The molecule has 0 spiro atoms. The lowest BCUT2D eigenvalue weighted by molar-refractivity contribution is 0.199. The molecular weight excluding hydrogens is 286 g/mol. The van der Waals surface area contributed by atoms with Crippen LogP contribution in [0.2, 0.25) is 0 Å². The number of hydrogen-bond donors (Lipinski definition) is 0. The Morgan fingerprint density at radius 3 is 2.06 bits per heavy atom. The van der Waals surface area contributed by atoms with Crippen molar-refractivity contribution in [3.8, 4) is 0 Å². The van der Waals surface area contributed by atoms with Crippen LogP contribution in [0.4, 0.5) is 5.69 Å². The lowest BCUT2D eigenvalue weighted by Gasteiger charge is -2.42. The van der Waals surface area contributed by atoms with Gasteiger partial charge in [0.15, 0.2) is 0 Å². The molecule has 0 N–H and O–H groups in total. The van der Waals surface area contributed by atoms with Crippen molar-refractivity contribution in [2.45, 2.75) is 44.9 Å². The Balaban J connectivity index is 2.00. The molecule has 0 saturated carbocycles. The van der Waals surface area contributed by atoms with Gasteiger partial charge in [-0.25, -0.2) is 0 Å². The van der Waals surface area contributed by atoms with Crippen LogP contribution in [-0.4, -0.2) is 13.1 Å². The van der Waals surface area contributed by atoms with Crippen LogP contribution < -0.4 is 4.90 Å². The lowest BCUT2D eigenvalue weighted by Crippen LogP contribution is -2.39. The van der Waals surface area contributed by atoms with Crippen molar-refractivity contribution in [3.63, 3.8) is 0 Å². The highest BCUT2D eigenvalue weighted by Gasteiger charge is 2.31. The minimum Gasteiger partial charge on any atom is -0.371 e. The van der Waals surface area contributed by atoms with Gasteiger partial charge in [-0.3, -0.25) is 0 Å². The molecule has 0 aromatic heterocycles. The Morgan fingerprint density at radius 1 is 1.06 bits per heavy atom. The van der Waals surface area contributed by atoms with Crippen molar-refractivity contribution in [2.75, 3.05) is 18.0 Å². The monoisotopic (exact) mass is 309 g/mol. The minimum atomic E-state index is 0.617. The fourth-order valence-electron chi connectivity index (χ4n) is 2.99. The fraction of sp³-hybridized carbons (Fsp3) is 0.625. The molecule has 1 fully saturated rings. The third-order valence-corrected chi connectivity index (χ3v) is 5.43. The Morgan fingerprint density at radius 2 is 1.61 bits per heavy atom. The molecule has 1 aliphatic heterocycles. The normalized spacial score (nSPS) is 18.9. The zero-order valence-electron chi connectivity index (χ0n) is 11.6. The standard InChI is InChI=1S/C16H24BrN/c1-3-16(4-2)9-11-18(12-10-16)15-7-5-14(13-17)6-8-15/h5-8H,3-4,9-13H2,1-2H3. The highest BCUT2D eigenvalue weighted by atomic mass is 79.9. The molecule has 1 nitrogen and oxygen atoms in total. The second kappa shape index (κ2) is 6.10. The number of anilines is 1. The van der Waals surface area contributed by atoms with Crippen LogP contribution in [0.5, 0.6) is 0 Å². The van der Waals surface area contributed by atoms with E-state index < -0.39 is 0 Å². The molecule has 1 aromatic carbocycles. The van der Waals surface area contributed by atoms with Crippen LogP contribution in [-0.2, 0) is 5.33 Å². The van der Waals surface area contributed by atoms with Gasteiger partial charge in [-0.05, 0) is 36.0 Å². The van der Waals surface area contributed by atoms with Gasteiger partial charge in [0.1, 0.15) is 0 Å². The second-order valence-corrected chi connectivity index (χ2v) is 6.05. The largest absolute Gasteiger partial charge is 0.371 e. The zero-order chi connectivity index (χ0) is 13.0. The summed E-state index contributed by atoms with van der Waals surface area (Å²) in [5, 5.41) is 0.946. The maximum absolute atomic E-state index is 3.50. The average molecular weight is 310 g/mol. The number of halogens is 1. The van der Waals surface area contributed by atoms with Gasteiger partial charge in [0.2, 0.25) is 0 Å². The Bertz CT molecular complexity index is 357. The zero-order valence-corrected chi connectivity index (χ0v) is 13.2. The predicted octanol–water partition coefficient (Wildman–Crippen LogP) is 4.99. The molecule has 0 atom stereocenters. The molecule has 100 valence electrons. The molecule has 18 heavy (non-hydrogen) atoms. The molecule has 0 aliphatic carbocycles. The van der Waals surface area contributed by atoms with Gasteiger partial charge in [-0.1, -0.05) is 54.8 Å². The summed E-state index contributed by atoms with van der Waals surface area (Å²) in [6.07, 6.45) is 5.36. The number of alkyl halides is 1. The molecule has 1 saturated heterocycles. The first-order valence-corrected chi connectivity index (χ1v) is 8.25. The van der Waals surface area contributed by atoms with Gasteiger partial charge >= 0.3 is 0 Å². The fourth-order valence-corrected chi connectivity index (χ4v) is 3.37. The maximum atomic E-state index is 3.50. The summed E-state index contributed by atoms with van der Waals surface area (Å²) in [7, 11) is 0. The highest BCUT2D eigenvalue weighted by molar-refractivity contribution is 9.08. The van der Waals surface area contributed by atoms with Crippen LogP contribution in [0.15, 0.2) is 24.3 Å². The van der Waals surface area contributed by atoms with Gasteiger partial charge in [0, 0.05) is 24.1 Å². The van der Waals surface area contributed by atoms with E-state index in [2.05, 4.69) is 58.9 Å². The van der Waals surface area contributed by atoms with Crippen molar-refractivity contribution < 1.29 is 0 Å². The van der Waals surface area contributed by atoms with Crippen LogP contribution in [0.3, 0.4) is 0 Å². The van der Waals surface area contributed by atoms with Crippen LogP contribution >= 0.6 is 15.9 Å². The van der Waals surface area contributed by atoms with Gasteiger partial charge in [-0.15, -0.1) is 0 Å². The first-order valence-electron chi connectivity index (χ1n) is 7.13. The van der Waals surface area contributed by atoms with Crippen molar-refractivity contribution >= 4 is 21.6 Å². The van der Waals surface area contributed by atoms with Crippen molar-refractivity contribution in [1.29, 1.82) is 0 Å². The van der Waals surface area contributed by atoms with Crippen molar-refractivity contribution in [2.24, 2.45) is 5.41 Å². The number of benzene rings is 1. The molecule has 1 aromatic rings. The van der Waals surface area contributed by atoms with Gasteiger partial charge < -0.3 is 4.90 Å². The molecule has 1 heterocycles. The first-order chi connectivity index (χ1) is 8.73. The van der Waals surface area contributed by atoms with Crippen molar-refractivity contribution in [3.05, 3.63) is 29.8 Å². The van der Waals surface area contributed by atoms with E-state index in [9.17, 15) is 0 Å². The van der Waals surface area contributed by atoms with E-state index in [0.717, 1.165) is 5.33 Å². The van der Waals surface area contributed by atoms with Crippen molar-refractivity contribution in [1.82, 2.24) is 0 Å². The van der Waals surface area contributed by atoms with E-state index in [0.29, 0.717) is 5.41 Å². The summed E-state index contributed by atoms with van der Waals surface area (Å²) in [5.74, 6) is 0. The number of nitrogens with zero attached hydrogens (tertiary/aromatic N) is 1. The molecule has 0 radical (unpaired) electrons. The molecular formula is C16H24BrN. The van der Waals surface area contributed by atoms with Gasteiger partial charge in [0.05, 0.1) is 0 Å². The quantitative estimate of drug-likeness (QED) is 0.708. The van der Waals surface area contributed by atoms with Gasteiger partial charge in [-0.2, -0.15) is 0 Å².